The predicted molar refractivity (Wildman–Crippen MR) is 148 cm³/mol. The Balaban J connectivity index is 1.88. The zero-order valence-corrected chi connectivity index (χ0v) is 23.8. The van der Waals surface area contributed by atoms with Gasteiger partial charge in [-0.05, 0) is 72.9 Å². The summed E-state index contributed by atoms with van der Waals surface area (Å²) in [7, 11) is 0. The van der Waals surface area contributed by atoms with Crippen LogP contribution < -0.4 is 16.9 Å². The van der Waals surface area contributed by atoms with Crippen molar-refractivity contribution in [1.29, 1.82) is 0 Å². The molecule has 1 fully saturated rings. The monoisotopic (exact) mass is 613 g/mol. The largest absolute Gasteiger partial charge is 0.417 e. The molecule has 15 heteroatoms. The van der Waals surface area contributed by atoms with Crippen LogP contribution in [0.25, 0.3) is 0 Å². The topological polar surface area (TPSA) is 139 Å². The first-order valence-corrected chi connectivity index (χ1v) is 13.3. The lowest BCUT2D eigenvalue weighted by molar-refractivity contribution is -0.162. The molecule has 3 amide bonds. The van der Waals surface area contributed by atoms with Crippen molar-refractivity contribution in [2.45, 2.75) is 71.4 Å². The third-order valence-corrected chi connectivity index (χ3v) is 7.43. The van der Waals surface area contributed by atoms with Crippen molar-refractivity contribution in [3.05, 3.63) is 64.7 Å². The highest BCUT2D eigenvalue weighted by Crippen LogP contribution is 2.42. The second-order valence-corrected chi connectivity index (χ2v) is 11.4. The van der Waals surface area contributed by atoms with Gasteiger partial charge < -0.3 is 21.8 Å². The van der Waals surface area contributed by atoms with Crippen LogP contribution in [0, 0.1) is 11.3 Å². The van der Waals surface area contributed by atoms with E-state index in [0.29, 0.717) is 30.4 Å². The zero-order chi connectivity index (χ0) is 32.2. The number of urea groups is 1. The third-order valence-electron chi connectivity index (χ3n) is 7.43. The number of guanidine groups is 1. The number of nitrogens with zero attached hydrogens (tertiary/aromatic N) is 4. The van der Waals surface area contributed by atoms with Crippen LogP contribution in [0.15, 0.2) is 57.8 Å². The smallest absolute Gasteiger partial charge is 0.366 e. The molecule has 234 valence electrons. The number of hydrogen-bond donors (Lipinski definition) is 3. The van der Waals surface area contributed by atoms with Gasteiger partial charge in [-0.1, -0.05) is 43.2 Å². The summed E-state index contributed by atoms with van der Waals surface area (Å²) in [5, 5.41) is 8.55. The summed E-state index contributed by atoms with van der Waals surface area (Å²) in [6.45, 7) is 6.41. The second kappa shape index (κ2) is 13.0. The average molecular weight is 614 g/mol. The number of halogens is 6. The zero-order valence-electron chi connectivity index (χ0n) is 23.8. The molecule has 5 N–H and O–H groups in total. The molecule has 1 aliphatic carbocycles. The van der Waals surface area contributed by atoms with E-state index in [1.807, 2.05) is 0 Å². The number of amides is 3. The van der Waals surface area contributed by atoms with Gasteiger partial charge >= 0.3 is 18.4 Å². The maximum Gasteiger partial charge on any atom is 0.417 e. The van der Waals surface area contributed by atoms with E-state index >= 15 is 0 Å². The van der Waals surface area contributed by atoms with E-state index in [2.05, 4.69) is 41.4 Å². The number of nitrogens with two attached hydrogens (primary N) is 2. The second-order valence-electron chi connectivity index (χ2n) is 11.4. The third kappa shape index (κ3) is 8.91. The van der Waals surface area contributed by atoms with E-state index < -0.39 is 47.1 Å². The normalized spacial score (nSPS) is 18.5. The number of alkyl halides is 6. The molecule has 1 saturated carbocycles. The number of carbonyl (C=O) groups is 2. The lowest BCUT2D eigenvalue weighted by Crippen LogP contribution is -2.45. The Kier molecular flexibility index (Phi) is 10.1. The first-order valence-electron chi connectivity index (χ1n) is 13.3. The van der Waals surface area contributed by atoms with Crippen LogP contribution >= 0.6 is 0 Å². The van der Waals surface area contributed by atoms with E-state index in [1.165, 1.54) is 17.0 Å². The van der Waals surface area contributed by atoms with E-state index in [9.17, 15) is 35.9 Å². The molecular weight excluding hydrogens is 580 g/mol. The molecule has 2 aromatic carbocycles. The summed E-state index contributed by atoms with van der Waals surface area (Å²) in [6, 6.07) is 6.37. The first-order chi connectivity index (χ1) is 19.9. The van der Waals surface area contributed by atoms with Crippen molar-refractivity contribution >= 4 is 23.6 Å². The van der Waals surface area contributed by atoms with Crippen LogP contribution in [0.3, 0.4) is 0 Å². The Hall–Kier alpha value is -4.17. The fourth-order valence-electron chi connectivity index (χ4n) is 5.12. The van der Waals surface area contributed by atoms with E-state index in [-0.39, 0.29) is 29.6 Å². The number of hydrogen-bond acceptors (Lipinski definition) is 3. The Labute approximate surface area is 244 Å². The van der Waals surface area contributed by atoms with Gasteiger partial charge in [0, 0.05) is 23.8 Å². The van der Waals surface area contributed by atoms with Crippen molar-refractivity contribution in [3.8, 4) is 0 Å². The van der Waals surface area contributed by atoms with E-state index in [0.717, 1.165) is 18.9 Å². The summed E-state index contributed by atoms with van der Waals surface area (Å²) in [5.74, 6) is 4.12. The molecule has 0 atom stereocenters. The highest BCUT2D eigenvalue weighted by Gasteiger charge is 2.43. The minimum Gasteiger partial charge on any atom is -0.366 e. The molecule has 3 rings (SSSR count). The number of rotatable bonds is 5. The molecule has 0 aliphatic heterocycles. The summed E-state index contributed by atoms with van der Waals surface area (Å²) < 4.78 is 80.2. The van der Waals surface area contributed by atoms with Gasteiger partial charge in [0.2, 0.25) is 5.96 Å². The van der Waals surface area contributed by atoms with Crippen molar-refractivity contribution in [2.75, 3.05) is 5.32 Å². The van der Waals surface area contributed by atoms with Crippen LogP contribution in [0.1, 0.15) is 73.5 Å². The number of anilines is 1. The van der Waals surface area contributed by atoms with Crippen LogP contribution in [0.5, 0.6) is 0 Å². The SMILES string of the molecule is CC(C)(C)C1CCC(N(Cc2ccc(C(=O)N=C(N)/N=N\N)cc2)C(=O)Nc2ccc(C(F)(F)F)c(C(F)(F)F)c2)CC1. The molecule has 0 saturated heterocycles. The number of aliphatic imine (C=N–C) groups is 1. The van der Waals surface area contributed by atoms with Gasteiger partial charge in [0.15, 0.2) is 0 Å². The summed E-state index contributed by atoms with van der Waals surface area (Å²) >= 11 is 0. The van der Waals surface area contributed by atoms with Gasteiger partial charge in [-0.25, -0.2) is 4.79 Å². The van der Waals surface area contributed by atoms with Gasteiger partial charge in [-0.2, -0.15) is 31.3 Å². The quantitative estimate of drug-likeness (QED) is 0.0824. The summed E-state index contributed by atoms with van der Waals surface area (Å²) in [4.78, 5) is 30.8. The maximum atomic E-state index is 13.5. The molecule has 2 aromatic rings. The number of carbonyl (C=O) groups excluding carboxylic acids is 2. The molecule has 43 heavy (non-hydrogen) atoms. The van der Waals surface area contributed by atoms with Crippen molar-refractivity contribution in [2.24, 2.45) is 38.2 Å². The highest BCUT2D eigenvalue weighted by atomic mass is 19.4. The van der Waals surface area contributed by atoms with Gasteiger partial charge in [-0.3, -0.25) is 4.79 Å². The average Bonchev–Trinajstić information content (AvgIpc) is 2.90. The minimum absolute atomic E-state index is 0.0186. The lowest BCUT2D eigenvalue weighted by atomic mass is 9.71. The molecular formula is C28H33F6N7O2. The molecule has 9 nitrogen and oxygen atoms in total. The lowest BCUT2D eigenvalue weighted by Gasteiger charge is -2.41. The molecule has 0 bridgehead atoms. The molecule has 0 aromatic heterocycles. The van der Waals surface area contributed by atoms with Gasteiger partial charge in [0.25, 0.3) is 5.91 Å². The molecule has 1 aliphatic rings. The Morgan fingerprint density at radius 1 is 0.907 bits per heavy atom. The van der Waals surface area contributed by atoms with Crippen molar-refractivity contribution in [3.63, 3.8) is 0 Å². The van der Waals surface area contributed by atoms with Gasteiger partial charge in [0.1, 0.15) is 0 Å². The Bertz CT molecular complexity index is 1360. The van der Waals surface area contributed by atoms with Gasteiger partial charge in [-0.15, -0.1) is 0 Å². The molecule has 0 radical (unpaired) electrons. The fraction of sp³-hybridized carbons (Fsp3) is 0.464. The maximum absolute atomic E-state index is 13.5. The highest BCUT2D eigenvalue weighted by molar-refractivity contribution is 6.02. The van der Waals surface area contributed by atoms with Crippen molar-refractivity contribution < 1.29 is 35.9 Å². The van der Waals surface area contributed by atoms with Crippen LogP contribution in [0.4, 0.5) is 36.8 Å². The first kappa shape index (κ1) is 33.3. The Morgan fingerprint density at radius 3 is 2.00 bits per heavy atom. The predicted octanol–water partition coefficient (Wildman–Crippen LogP) is 7.14. The fourth-order valence-corrected chi connectivity index (χ4v) is 5.12. The van der Waals surface area contributed by atoms with E-state index in [4.69, 9.17) is 11.6 Å². The van der Waals surface area contributed by atoms with Gasteiger partial charge in [0.05, 0.1) is 11.1 Å². The minimum atomic E-state index is -5.29. The molecule has 0 heterocycles. The molecule has 0 unspecified atom stereocenters. The van der Waals surface area contributed by atoms with E-state index in [1.54, 1.807) is 12.1 Å². The standard InChI is InChI=1S/C28H33F6N7O2/c1-26(2,3)18-8-11-20(12-9-18)41(15-16-4-6-17(7-5-16)23(42)38-24(35)39-40-36)25(43)37-19-10-13-21(27(29,30)31)22(14-19)28(32,33)34/h4-7,10,13-14,18,20H,8-9,11-12,15H2,1-3H3,(H,37,43)(H4,35,36,38,39,42). The van der Waals surface area contributed by atoms with Crippen LogP contribution in [0.2, 0.25) is 0 Å². The Morgan fingerprint density at radius 2 is 1.49 bits per heavy atom. The number of nitrogens with one attached hydrogen (secondary N) is 1. The van der Waals surface area contributed by atoms with Crippen molar-refractivity contribution in [1.82, 2.24) is 4.90 Å². The number of benzene rings is 2. The summed E-state index contributed by atoms with van der Waals surface area (Å²) in [6.07, 6.45) is -7.67. The van der Waals surface area contributed by atoms with Crippen LogP contribution in [-0.2, 0) is 18.9 Å². The molecule has 0 spiro atoms. The summed E-state index contributed by atoms with van der Waals surface area (Å²) in [5.41, 5.74) is 2.04. The van der Waals surface area contributed by atoms with Crippen LogP contribution in [-0.4, -0.2) is 28.8 Å².